The van der Waals surface area contributed by atoms with Crippen LogP contribution in [0.15, 0.2) is 48.7 Å². The van der Waals surface area contributed by atoms with E-state index in [1.165, 1.54) is 6.08 Å². The number of halogens is 3. The largest absolute Gasteiger partial charge is 0.496 e. The zero-order valence-corrected chi connectivity index (χ0v) is 34.2. The second-order valence-corrected chi connectivity index (χ2v) is 17.5. The van der Waals surface area contributed by atoms with E-state index in [0.29, 0.717) is 63.0 Å². The molecule has 0 spiro atoms. The molecule has 8 rings (SSSR count). The van der Waals surface area contributed by atoms with Gasteiger partial charge >= 0.3 is 5.97 Å². The summed E-state index contributed by atoms with van der Waals surface area (Å²) in [5.41, 5.74) is 4.59. The number of pyridine rings is 1. The molecule has 4 heterocycles. The molecule has 57 heavy (non-hydrogen) atoms. The van der Waals surface area contributed by atoms with Crippen molar-refractivity contribution in [3.63, 3.8) is 0 Å². The van der Waals surface area contributed by atoms with E-state index in [1.54, 1.807) is 49.7 Å². The number of amides is 1. The summed E-state index contributed by atoms with van der Waals surface area (Å²) in [6, 6.07) is 12.2. The number of hydrogen-bond acceptors (Lipinski definition) is 7. The highest BCUT2D eigenvalue weighted by molar-refractivity contribution is 6.39. The van der Waals surface area contributed by atoms with E-state index in [0.717, 1.165) is 94.5 Å². The number of carbonyl (C=O) groups is 2. The molecule has 3 fully saturated rings. The maximum absolute atomic E-state index is 15.8. The number of anilines is 1. The topological polar surface area (TPSA) is 113 Å². The average molecular weight is 816 g/mol. The minimum absolute atomic E-state index is 0.130. The van der Waals surface area contributed by atoms with Crippen LogP contribution < -0.4 is 10.1 Å². The normalized spacial score (nSPS) is 23.5. The molecule has 2 saturated carbocycles. The van der Waals surface area contributed by atoms with Gasteiger partial charge in [0.15, 0.2) is 5.82 Å². The van der Waals surface area contributed by atoms with Crippen LogP contribution in [0.2, 0.25) is 10.0 Å². The average Bonchev–Trinajstić information content (AvgIpc) is 3.98. The predicted molar refractivity (Wildman–Crippen MR) is 221 cm³/mol. The Balaban J connectivity index is 0.949. The van der Waals surface area contributed by atoms with Crippen LogP contribution in [0.3, 0.4) is 0 Å². The summed E-state index contributed by atoms with van der Waals surface area (Å²) in [7, 11) is 3.44. The Morgan fingerprint density at radius 1 is 1.07 bits per heavy atom. The Hall–Kier alpha value is -4.29. The van der Waals surface area contributed by atoms with Crippen molar-refractivity contribution < 1.29 is 23.8 Å². The summed E-state index contributed by atoms with van der Waals surface area (Å²) in [6.07, 6.45) is 10.3. The maximum atomic E-state index is 15.8. The molecule has 0 unspecified atom stereocenters. The van der Waals surface area contributed by atoms with Crippen molar-refractivity contribution in [3.8, 4) is 16.9 Å². The van der Waals surface area contributed by atoms with Gasteiger partial charge in [0, 0.05) is 74.3 Å². The first-order chi connectivity index (χ1) is 27.4. The smallest absolute Gasteiger partial charge is 0.309 e. The molecular formula is C44H49Cl2FN6O4. The number of rotatable bonds is 12. The summed E-state index contributed by atoms with van der Waals surface area (Å²) in [6.45, 7) is 7.36. The van der Waals surface area contributed by atoms with E-state index < -0.39 is 17.2 Å². The molecule has 4 aliphatic rings. The number of hydrogen-bond donors (Lipinski definition) is 2. The van der Waals surface area contributed by atoms with E-state index in [4.69, 9.17) is 32.9 Å². The van der Waals surface area contributed by atoms with Gasteiger partial charge in [-0.05, 0) is 87.1 Å². The number of nitrogens with one attached hydrogen (secondary N) is 1. The minimum atomic E-state index is -0.630. The Morgan fingerprint density at radius 2 is 1.82 bits per heavy atom. The van der Waals surface area contributed by atoms with Gasteiger partial charge in [-0.2, -0.15) is 0 Å². The first-order valence-corrected chi connectivity index (χ1v) is 20.6. The van der Waals surface area contributed by atoms with E-state index >= 15 is 4.39 Å². The number of carboxylic acid groups (broad SMARTS) is 1. The quantitative estimate of drug-likeness (QED) is 0.146. The lowest BCUT2D eigenvalue weighted by Crippen LogP contribution is -2.34. The molecule has 300 valence electrons. The van der Waals surface area contributed by atoms with Crippen LogP contribution >= 0.6 is 23.2 Å². The molecule has 1 amide bonds. The molecule has 1 atom stereocenters. The van der Waals surface area contributed by atoms with Crippen molar-refractivity contribution in [1.29, 1.82) is 0 Å². The monoisotopic (exact) mass is 814 g/mol. The van der Waals surface area contributed by atoms with Crippen LogP contribution in [0.25, 0.3) is 23.0 Å². The fraction of sp³-hybridized carbons (Fsp3) is 0.455. The molecule has 1 saturated heterocycles. The van der Waals surface area contributed by atoms with Gasteiger partial charge in [0.05, 0.1) is 34.0 Å². The molecule has 2 aliphatic heterocycles. The Labute approximate surface area is 343 Å². The number of carbonyl (C=O) groups excluding carboxylic acids is 1. The molecule has 2 bridgehead atoms. The fourth-order valence-electron chi connectivity index (χ4n) is 9.74. The maximum Gasteiger partial charge on any atom is 0.309 e. The van der Waals surface area contributed by atoms with Gasteiger partial charge in [0.25, 0.3) is 5.91 Å². The third-order valence-corrected chi connectivity index (χ3v) is 13.9. The van der Waals surface area contributed by atoms with Gasteiger partial charge in [-0.25, -0.2) is 9.37 Å². The number of aromatic nitrogens is 3. The zero-order valence-electron chi connectivity index (χ0n) is 32.7. The van der Waals surface area contributed by atoms with Crippen LogP contribution in [0.5, 0.6) is 5.75 Å². The predicted octanol–water partition coefficient (Wildman–Crippen LogP) is 9.14. The standard InChI is InChI=1S/C44H49Cl2FN6O4/c1-27-10-17-53(23-27)24-29-22-48-34(21-37(29)57-3)32(47)20-28-6-4-7-30(38(28)45)31-8-5-9-33(39(31)46)50-41(54)40-49-35-25-52(18-11-36(35)51(40)2)19-16-43-12-14-44(26-43,15-13-43)42(55)56/h4-9,20-22,27H,10-19,23-26H2,1-3H3,(H,50,54)(H,55,56)/b32-20-/t27-,43?,44?/m1/s1. The molecule has 2 N–H and O–H groups in total. The summed E-state index contributed by atoms with van der Waals surface area (Å²) in [4.78, 5) is 39.6. The highest BCUT2D eigenvalue weighted by Gasteiger charge is 2.57. The number of imidazole rings is 1. The lowest BCUT2D eigenvalue weighted by molar-refractivity contribution is -0.148. The lowest BCUT2D eigenvalue weighted by atomic mass is 9.80. The summed E-state index contributed by atoms with van der Waals surface area (Å²) in [5.74, 6) is -0.0429. The van der Waals surface area contributed by atoms with E-state index in [1.807, 2.05) is 17.7 Å². The van der Waals surface area contributed by atoms with E-state index in [-0.39, 0.29) is 17.0 Å². The summed E-state index contributed by atoms with van der Waals surface area (Å²) in [5, 5.41) is 13.4. The number of likely N-dealkylation sites (tertiary alicyclic amines) is 1. The Morgan fingerprint density at radius 3 is 2.53 bits per heavy atom. The number of ether oxygens (including phenoxy) is 1. The molecule has 2 aromatic carbocycles. The Bertz CT molecular complexity index is 2250. The fourth-order valence-corrected chi connectivity index (χ4v) is 10.3. The van der Waals surface area contributed by atoms with Gasteiger partial charge in [-0.1, -0.05) is 60.5 Å². The second-order valence-electron chi connectivity index (χ2n) is 16.8. The van der Waals surface area contributed by atoms with Gasteiger partial charge in [-0.3, -0.25) is 24.4 Å². The number of aliphatic carboxylic acids is 1. The number of carboxylic acids is 1. The highest BCUT2D eigenvalue weighted by Crippen LogP contribution is 2.63. The highest BCUT2D eigenvalue weighted by atomic mass is 35.5. The molecule has 2 aliphatic carbocycles. The van der Waals surface area contributed by atoms with Crippen molar-refractivity contribution in [2.45, 2.75) is 71.4 Å². The molecule has 10 nitrogen and oxygen atoms in total. The van der Waals surface area contributed by atoms with Gasteiger partial charge < -0.3 is 19.7 Å². The van der Waals surface area contributed by atoms with Crippen LogP contribution in [0.1, 0.15) is 90.7 Å². The van der Waals surface area contributed by atoms with E-state index in [9.17, 15) is 14.7 Å². The van der Waals surface area contributed by atoms with Gasteiger partial charge in [0.2, 0.25) is 0 Å². The molecule has 2 aromatic heterocycles. The first kappa shape index (κ1) is 39.5. The van der Waals surface area contributed by atoms with Crippen LogP contribution in [0, 0.1) is 16.7 Å². The van der Waals surface area contributed by atoms with Crippen molar-refractivity contribution >= 4 is 52.7 Å². The summed E-state index contributed by atoms with van der Waals surface area (Å²) >= 11 is 13.9. The lowest BCUT2D eigenvalue weighted by Gasteiger charge is -2.32. The van der Waals surface area contributed by atoms with Crippen molar-refractivity contribution in [2.75, 3.05) is 38.6 Å². The number of nitrogens with zero attached hydrogens (tertiary/aromatic N) is 5. The van der Waals surface area contributed by atoms with Crippen LogP contribution in [-0.4, -0.2) is 74.6 Å². The second kappa shape index (κ2) is 15.8. The first-order valence-electron chi connectivity index (χ1n) is 19.9. The Kier molecular flexibility index (Phi) is 11.0. The molecule has 4 aromatic rings. The van der Waals surface area contributed by atoms with Crippen LogP contribution in [0.4, 0.5) is 10.1 Å². The number of fused-ring (bicyclic) bond motifs is 3. The van der Waals surface area contributed by atoms with E-state index in [2.05, 4.69) is 27.0 Å². The number of benzene rings is 2. The molecule has 0 radical (unpaired) electrons. The zero-order chi connectivity index (χ0) is 40.1. The molecule has 13 heteroatoms. The number of methoxy groups -OCH3 is 1. The van der Waals surface area contributed by atoms with Crippen molar-refractivity contribution in [3.05, 3.63) is 92.7 Å². The SMILES string of the molecule is COc1cc(/C(F)=C/c2cccc(-c3cccc(NC(=O)c4nc5c(n4C)CCN(CCC46CCC(C(=O)O)(CC4)C6)C5)c3Cl)c2Cl)ncc1CN1CC[C@@H](C)C1. The van der Waals surface area contributed by atoms with Crippen molar-refractivity contribution in [1.82, 2.24) is 24.3 Å². The summed E-state index contributed by atoms with van der Waals surface area (Å²) < 4.78 is 23.3. The third-order valence-electron chi connectivity index (χ3n) is 13.1. The van der Waals surface area contributed by atoms with Gasteiger partial charge in [0.1, 0.15) is 17.3 Å². The third kappa shape index (κ3) is 7.71. The van der Waals surface area contributed by atoms with Crippen molar-refractivity contribution in [2.24, 2.45) is 23.8 Å². The van der Waals surface area contributed by atoms with Gasteiger partial charge in [-0.15, -0.1) is 0 Å². The molecular weight excluding hydrogens is 766 g/mol. The minimum Gasteiger partial charge on any atom is -0.496 e. The van der Waals surface area contributed by atoms with Crippen LogP contribution in [-0.2, 0) is 31.4 Å².